The molecule has 1 saturated carbocycles. The van der Waals surface area contributed by atoms with Gasteiger partial charge in [-0.05, 0) is 18.8 Å². The summed E-state index contributed by atoms with van der Waals surface area (Å²) in [6.45, 7) is 0. The molecule has 4 nitrogen and oxygen atoms in total. The van der Waals surface area contributed by atoms with Crippen molar-refractivity contribution in [3.63, 3.8) is 0 Å². The summed E-state index contributed by atoms with van der Waals surface area (Å²) in [5, 5.41) is -0.962. The van der Waals surface area contributed by atoms with Crippen molar-refractivity contribution < 1.29 is 17.8 Å². The largest absolute Gasteiger partial charge is 0.294 e. The third-order valence-electron chi connectivity index (χ3n) is 4.04. The maximum Gasteiger partial charge on any atom is 0.268 e. The molecule has 0 bridgehead atoms. The van der Waals surface area contributed by atoms with E-state index in [4.69, 9.17) is 0 Å². The minimum absolute atomic E-state index is 0.105. The van der Waals surface area contributed by atoms with Gasteiger partial charge in [0.15, 0.2) is 5.78 Å². The average Bonchev–Trinajstić information content (AvgIpc) is 2.45. The third kappa shape index (κ3) is 3.90. The number of carbonyl (C=O) groups excluding carboxylic acids is 1. The predicted molar refractivity (Wildman–Crippen MR) is 77.3 cm³/mol. The third-order valence-corrected chi connectivity index (χ3v) is 5.36. The number of Topliss-reactive ketones (excluding diaryl/α,β-unsaturated/α-hetero) is 1. The molecule has 1 unspecified atom stereocenters. The van der Waals surface area contributed by atoms with E-state index < -0.39 is 15.4 Å². The van der Waals surface area contributed by atoms with Crippen molar-refractivity contribution in [2.24, 2.45) is 5.92 Å². The number of ketones is 1. The van der Waals surface area contributed by atoms with Crippen LogP contribution >= 0.6 is 0 Å². The molecule has 1 aliphatic rings. The molecule has 20 heavy (non-hydrogen) atoms. The van der Waals surface area contributed by atoms with Gasteiger partial charge in [0.05, 0.1) is 5.25 Å². The zero-order chi connectivity index (χ0) is 14.6. The molecule has 0 aliphatic heterocycles. The first kappa shape index (κ1) is 15.2. The lowest BCUT2D eigenvalue weighted by Crippen LogP contribution is -2.33. The van der Waals surface area contributed by atoms with Gasteiger partial charge in [-0.25, -0.2) is 0 Å². The fraction of sp³-hybridized carbons (Fsp3) is 0.533. The van der Waals surface area contributed by atoms with E-state index in [0.717, 1.165) is 32.1 Å². The van der Waals surface area contributed by atoms with E-state index >= 15 is 0 Å². The van der Waals surface area contributed by atoms with E-state index in [2.05, 4.69) is 0 Å². The highest BCUT2D eigenvalue weighted by Crippen LogP contribution is 2.31. The van der Waals surface area contributed by atoms with Gasteiger partial charge >= 0.3 is 0 Å². The van der Waals surface area contributed by atoms with Gasteiger partial charge in [-0.15, -0.1) is 0 Å². The van der Waals surface area contributed by atoms with Crippen molar-refractivity contribution in [2.45, 2.75) is 43.8 Å². The van der Waals surface area contributed by atoms with Crippen molar-refractivity contribution in [3.05, 3.63) is 35.9 Å². The first-order valence-corrected chi connectivity index (χ1v) is 8.53. The highest BCUT2D eigenvalue weighted by molar-refractivity contribution is 7.86. The zero-order valence-corrected chi connectivity index (χ0v) is 12.2. The van der Waals surface area contributed by atoms with Crippen LogP contribution in [-0.2, 0) is 10.1 Å². The molecular weight excluding hydrogens is 276 g/mol. The van der Waals surface area contributed by atoms with E-state index in [1.54, 1.807) is 30.3 Å². The molecule has 110 valence electrons. The van der Waals surface area contributed by atoms with Crippen LogP contribution < -0.4 is 0 Å². The summed E-state index contributed by atoms with van der Waals surface area (Å²) < 4.78 is 32.6. The Morgan fingerprint density at radius 1 is 1.15 bits per heavy atom. The van der Waals surface area contributed by atoms with Crippen LogP contribution in [0.4, 0.5) is 0 Å². The summed E-state index contributed by atoms with van der Waals surface area (Å²) >= 11 is 0. The highest BCUT2D eigenvalue weighted by atomic mass is 32.2. The molecular formula is C15H20O4S. The maximum atomic E-state index is 12.2. The molecule has 0 heterocycles. The van der Waals surface area contributed by atoms with Crippen LogP contribution in [0.3, 0.4) is 0 Å². The molecule has 1 atom stereocenters. The van der Waals surface area contributed by atoms with Crippen molar-refractivity contribution in [1.82, 2.24) is 0 Å². The number of hydrogen-bond acceptors (Lipinski definition) is 3. The molecule has 1 aromatic carbocycles. The molecule has 0 radical (unpaired) electrons. The molecule has 0 amide bonds. The quantitative estimate of drug-likeness (QED) is 0.669. The summed E-state index contributed by atoms with van der Waals surface area (Å²) in [4.78, 5) is 12.2. The fourth-order valence-electron chi connectivity index (χ4n) is 2.95. The minimum Gasteiger partial charge on any atom is -0.294 e. The Bertz CT molecular complexity index is 544. The summed E-state index contributed by atoms with van der Waals surface area (Å²) in [6.07, 6.45) is 4.44. The lowest BCUT2D eigenvalue weighted by molar-refractivity contribution is 0.0969. The Labute approximate surface area is 120 Å². The van der Waals surface area contributed by atoms with E-state index in [1.165, 1.54) is 0 Å². The van der Waals surface area contributed by atoms with Crippen LogP contribution in [-0.4, -0.2) is 24.0 Å². The maximum absolute atomic E-state index is 12.2. The fourth-order valence-corrected chi connectivity index (χ4v) is 4.07. The van der Waals surface area contributed by atoms with Crippen molar-refractivity contribution in [3.8, 4) is 0 Å². The Hall–Kier alpha value is -1.20. The zero-order valence-electron chi connectivity index (χ0n) is 11.4. The first-order chi connectivity index (χ1) is 9.48. The molecule has 1 fully saturated rings. The minimum atomic E-state index is -4.19. The monoisotopic (exact) mass is 296 g/mol. The van der Waals surface area contributed by atoms with Gasteiger partial charge in [-0.2, -0.15) is 8.42 Å². The van der Waals surface area contributed by atoms with Gasteiger partial charge in [-0.3, -0.25) is 9.35 Å². The number of carbonyl (C=O) groups is 1. The Morgan fingerprint density at radius 2 is 1.75 bits per heavy atom. The second-order valence-corrected chi connectivity index (χ2v) is 7.08. The summed E-state index contributed by atoms with van der Waals surface area (Å²) in [5.41, 5.74) is 0.497. The molecule has 1 aliphatic carbocycles. The second kappa shape index (κ2) is 6.50. The molecule has 2 rings (SSSR count). The van der Waals surface area contributed by atoms with Crippen LogP contribution in [0.15, 0.2) is 30.3 Å². The molecule has 1 N–H and O–H groups in total. The van der Waals surface area contributed by atoms with Gasteiger partial charge in [0.25, 0.3) is 10.1 Å². The van der Waals surface area contributed by atoms with Crippen LogP contribution in [0, 0.1) is 5.92 Å². The summed E-state index contributed by atoms with van der Waals surface area (Å²) in [6, 6.07) is 8.64. The molecule has 0 saturated heterocycles. The SMILES string of the molecule is O=C(CC(C1CCCCC1)S(=O)(=O)O)c1ccccc1. The topological polar surface area (TPSA) is 71.4 Å². The van der Waals surface area contributed by atoms with Gasteiger partial charge in [-0.1, -0.05) is 49.6 Å². The lowest BCUT2D eigenvalue weighted by Gasteiger charge is -2.27. The van der Waals surface area contributed by atoms with E-state index in [1.807, 2.05) is 0 Å². The molecule has 1 aromatic rings. The van der Waals surface area contributed by atoms with Crippen molar-refractivity contribution in [1.29, 1.82) is 0 Å². The molecule has 0 aromatic heterocycles. The van der Waals surface area contributed by atoms with Crippen LogP contribution in [0.2, 0.25) is 0 Å². The van der Waals surface area contributed by atoms with E-state index in [-0.39, 0.29) is 18.1 Å². The van der Waals surface area contributed by atoms with Gasteiger partial charge < -0.3 is 0 Å². The van der Waals surface area contributed by atoms with Crippen LogP contribution in [0.25, 0.3) is 0 Å². The predicted octanol–water partition coefficient (Wildman–Crippen LogP) is 3.10. The summed E-state index contributed by atoms with van der Waals surface area (Å²) in [5.74, 6) is -0.329. The van der Waals surface area contributed by atoms with E-state index in [9.17, 15) is 17.8 Å². The van der Waals surface area contributed by atoms with Gasteiger partial charge in [0.1, 0.15) is 0 Å². The number of hydrogen-bond donors (Lipinski definition) is 1. The normalized spacial score (nSPS) is 18.6. The lowest BCUT2D eigenvalue weighted by atomic mass is 9.84. The Kier molecular flexibility index (Phi) is 4.94. The van der Waals surface area contributed by atoms with Crippen molar-refractivity contribution in [2.75, 3.05) is 0 Å². The smallest absolute Gasteiger partial charge is 0.268 e. The van der Waals surface area contributed by atoms with Crippen LogP contribution in [0.1, 0.15) is 48.9 Å². The molecule has 5 heteroatoms. The second-order valence-electron chi connectivity index (χ2n) is 5.44. The van der Waals surface area contributed by atoms with E-state index in [0.29, 0.717) is 5.56 Å². The Morgan fingerprint density at radius 3 is 2.30 bits per heavy atom. The Balaban J connectivity index is 2.14. The standard InChI is InChI=1S/C15H20O4S/c16-14(12-7-3-1-4-8-12)11-15(20(17,18)19)13-9-5-2-6-10-13/h1,3-4,7-8,13,15H,2,5-6,9-11H2,(H,17,18,19). The average molecular weight is 296 g/mol. The van der Waals surface area contributed by atoms with Gasteiger partial charge in [0.2, 0.25) is 0 Å². The van der Waals surface area contributed by atoms with Crippen molar-refractivity contribution >= 4 is 15.9 Å². The van der Waals surface area contributed by atoms with Gasteiger partial charge in [0, 0.05) is 12.0 Å². The van der Waals surface area contributed by atoms with Crippen LogP contribution in [0.5, 0.6) is 0 Å². The number of rotatable bonds is 5. The number of benzene rings is 1. The highest BCUT2D eigenvalue weighted by Gasteiger charge is 2.34. The summed E-state index contributed by atoms with van der Waals surface area (Å²) in [7, 11) is -4.19. The molecule has 0 spiro atoms. The first-order valence-electron chi connectivity index (χ1n) is 7.03.